The number of anilines is 1. The van der Waals surface area contributed by atoms with Gasteiger partial charge in [0.2, 0.25) is 11.8 Å². The molecule has 0 heterocycles. The number of aryl methyl sites for hydroxylation is 2. The first-order valence-electron chi connectivity index (χ1n) is 9.24. The second-order valence-corrected chi connectivity index (χ2v) is 7.23. The predicted octanol–water partition coefficient (Wildman–Crippen LogP) is 3.36. The first kappa shape index (κ1) is 21.6. The van der Waals surface area contributed by atoms with E-state index in [4.69, 9.17) is 0 Å². The van der Waals surface area contributed by atoms with Crippen LogP contribution in [0.15, 0.2) is 42.5 Å². The fraction of sp³-hybridized carbons (Fsp3) is 0.364. The number of hydrogen-bond acceptors (Lipinski definition) is 3. The van der Waals surface area contributed by atoms with Crippen LogP contribution in [-0.2, 0) is 16.1 Å². The van der Waals surface area contributed by atoms with Crippen molar-refractivity contribution >= 4 is 17.5 Å². The number of carbonyl (C=O) groups is 2. The Hall–Kier alpha value is -2.73. The van der Waals surface area contributed by atoms with E-state index < -0.39 is 6.04 Å². The summed E-state index contributed by atoms with van der Waals surface area (Å²) in [5, 5.41) is 2.93. The molecule has 150 valence electrons. The smallest absolute Gasteiger partial charge is 0.239 e. The maximum absolute atomic E-state index is 13.3. The van der Waals surface area contributed by atoms with Gasteiger partial charge in [-0.2, -0.15) is 0 Å². The van der Waals surface area contributed by atoms with Crippen molar-refractivity contribution in [3.05, 3.63) is 65.0 Å². The van der Waals surface area contributed by atoms with Gasteiger partial charge in [0.1, 0.15) is 5.82 Å². The predicted molar refractivity (Wildman–Crippen MR) is 110 cm³/mol. The molecule has 1 atom stereocenters. The first-order valence-corrected chi connectivity index (χ1v) is 9.24. The van der Waals surface area contributed by atoms with Crippen molar-refractivity contribution in [1.29, 1.82) is 0 Å². The minimum absolute atomic E-state index is 0.0918. The van der Waals surface area contributed by atoms with Gasteiger partial charge >= 0.3 is 0 Å². The van der Waals surface area contributed by atoms with E-state index in [1.165, 1.54) is 12.1 Å². The highest BCUT2D eigenvalue weighted by Gasteiger charge is 2.23. The molecule has 0 aliphatic heterocycles. The zero-order valence-electron chi connectivity index (χ0n) is 17.1. The van der Waals surface area contributed by atoms with Crippen LogP contribution >= 0.6 is 0 Å². The molecule has 28 heavy (non-hydrogen) atoms. The van der Waals surface area contributed by atoms with Gasteiger partial charge in [-0.3, -0.25) is 14.5 Å². The number of nitrogens with one attached hydrogen (secondary N) is 1. The highest BCUT2D eigenvalue weighted by atomic mass is 19.1. The lowest BCUT2D eigenvalue weighted by Crippen LogP contribution is -2.46. The first-order chi connectivity index (χ1) is 13.2. The molecule has 0 fully saturated rings. The third-order valence-electron chi connectivity index (χ3n) is 4.84. The third-order valence-corrected chi connectivity index (χ3v) is 4.84. The molecule has 5 nitrogen and oxygen atoms in total. The minimum Gasteiger partial charge on any atom is -0.340 e. The van der Waals surface area contributed by atoms with Gasteiger partial charge < -0.3 is 10.2 Å². The molecule has 1 N–H and O–H groups in total. The minimum atomic E-state index is -0.484. The highest BCUT2D eigenvalue weighted by Crippen LogP contribution is 2.19. The normalized spacial score (nSPS) is 12.0. The summed E-state index contributed by atoms with van der Waals surface area (Å²) < 4.78 is 13.3. The highest BCUT2D eigenvalue weighted by molar-refractivity contribution is 5.94. The van der Waals surface area contributed by atoms with Crippen molar-refractivity contribution in [2.45, 2.75) is 33.4 Å². The standard InChI is InChI=1S/C22H28FN3O2/c1-15-8-6-9-16(2)21(15)24-20(27)14-25(4)17(3)22(28)26(5)13-18-10-7-11-19(23)12-18/h6-12,17H,13-14H2,1-5H3,(H,24,27)/t17-/m0/s1. The van der Waals surface area contributed by atoms with Crippen molar-refractivity contribution < 1.29 is 14.0 Å². The maximum atomic E-state index is 13.3. The van der Waals surface area contributed by atoms with Gasteiger partial charge in [-0.15, -0.1) is 0 Å². The Morgan fingerprint density at radius 1 is 1.07 bits per heavy atom. The van der Waals surface area contributed by atoms with Crippen molar-refractivity contribution in [2.75, 3.05) is 26.0 Å². The summed E-state index contributed by atoms with van der Waals surface area (Å²) >= 11 is 0. The number of halogens is 1. The number of carbonyl (C=O) groups excluding carboxylic acids is 2. The zero-order valence-corrected chi connectivity index (χ0v) is 17.1. The lowest BCUT2D eigenvalue weighted by Gasteiger charge is -2.28. The van der Waals surface area contributed by atoms with Crippen LogP contribution < -0.4 is 5.32 Å². The van der Waals surface area contributed by atoms with Crippen LogP contribution in [0, 0.1) is 19.7 Å². The van der Waals surface area contributed by atoms with Crippen molar-refractivity contribution in [1.82, 2.24) is 9.80 Å². The average Bonchev–Trinajstić information content (AvgIpc) is 2.63. The van der Waals surface area contributed by atoms with Gasteiger partial charge in [-0.1, -0.05) is 30.3 Å². The molecule has 0 aromatic heterocycles. The lowest BCUT2D eigenvalue weighted by molar-refractivity contribution is -0.135. The summed E-state index contributed by atoms with van der Waals surface area (Å²) in [5.74, 6) is -0.634. The van der Waals surface area contributed by atoms with Gasteiger partial charge in [0.25, 0.3) is 0 Å². The summed E-state index contributed by atoms with van der Waals surface area (Å²) in [5.41, 5.74) is 3.52. The number of rotatable bonds is 7. The van der Waals surface area contributed by atoms with Crippen LogP contribution in [0.3, 0.4) is 0 Å². The Balaban J connectivity index is 1.94. The molecule has 0 radical (unpaired) electrons. The summed E-state index contributed by atoms with van der Waals surface area (Å²) in [6.07, 6.45) is 0. The Morgan fingerprint density at radius 2 is 1.68 bits per heavy atom. The zero-order chi connectivity index (χ0) is 20.8. The van der Waals surface area contributed by atoms with Gasteiger partial charge in [0.05, 0.1) is 12.6 Å². The lowest BCUT2D eigenvalue weighted by atomic mass is 10.1. The number of amides is 2. The maximum Gasteiger partial charge on any atom is 0.239 e. The van der Waals surface area contributed by atoms with Gasteiger partial charge in [-0.05, 0) is 56.6 Å². The molecule has 2 aromatic rings. The molecular weight excluding hydrogens is 357 g/mol. The summed E-state index contributed by atoms with van der Waals surface area (Å²) in [7, 11) is 3.41. The van der Waals surface area contributed by atoms with Crippen molar-refractivity contribution in [3.63, 3.8) is 0 Å². The van der Waals surface area contributed by atoms with Crippen LogP contribution in [0.25, 0.3) is 0 Å². The number of para-hydroxylation sites is 1. The quantitative estimate of drug-likeness (QED) is 0.795. The molecule has 0 aliphatic carbocycles. The number of benzene rings is 2. The van der Waals surface area contributed by atoms with Gasteiger partial charge in [0.15, 0.2) is 0 Å². The summed E-state index contributed by atoms with van der Waals surface area (Å²) in [6.45, 7) is 6.05. The number of hydrogen-bond donors (Lipinski definition) is 1. The monoisotopic (exact) mass is 385 g/mol. The van der Waals surface area contributed by atoms with E-state index in [1.807, 2.05) is 32.0 Å². The van der Waals surface area contributed by atoms with Crippen LogP contribution in [0.5, 0.6) is 0 Å². The molecule has 6 heteroatoms. The van der Waals surface area contributed by atoms with E-state index in [9.17, 15) is 14.0 Å². The van der Waals surface area contributed by atoms with E-state index in [2.05, 4.69) is 5.32 Å². The molecule has 0 bridgehead atoms. The molecule has 0 unspecified atom stereocenters. The topological polar surface area (TPSA) is 52.7 Å². The average molecular weight is 385 g/mol. The van der Waals surface area contributed by atoms with Crippen LogP contribution in [0.4, 0.5) is 10.1 Å². The molecule has 0 spiro atoms. The molecule has 2 aromatic carbocycles. The Morgan fingerprint density at radius 3 is 2.29 bits per heavy atom. The van der Waals surface area contributed by atoms with Crippen molar-refractivity contribution in [2.24, 2.45) is 0 Å². The van der Waals surface area contributed by atoms with E-state index in [-0.39, 0.29) is 24.2 Å². The SMILES string of the molecule is Cc1cccc(C)c1NC(=O)CN(C)[C@@H](C)C(=O)N(C)Cc1cccc(F)c1. The van der Waals surface area contributed by atoms with E-state index >= 15 is 0 Å². The number of nitrogens with zero attached hydrogens (tertiary/aromatic N) is 2. The van der Waals surface area contributed by atoms with Gasteiger partial charge in [-0.25, -0.2) is 4.39 Å². The summed E-state index contributed by atoms with van der Waals surface area (Å²) in [4.78, 5) is 28.4. The fourth-order valence-corrected chi connectivity index (χ4v) is 3.05. The molecule has 0 saturated heterocycles. The molecule has 2 amide bonds. The van der Waals surface area contributed by atoms with E-state index in [1.54, 1.807) is 43.0 Å². The second-order valence-electron chi connectivity index (χ2n) is 7.23. The van der Waals surface area contributed by atoms with Gasteiger partial charge in [0, 0.05) is 19.3 Å². The largest absolute Gasteiger partial charge is 0.340 e. The van der Waals surface area contributed by atoms with Crippen molar-refractivity contribution in [3.8, 4) is 0 Å². The van der Waals surface area contributed by atoms with Crippen LogP contribution in [-0.4, -0.2) is 48.3 Å². The number of likely N-dealkylation sites (N-methyl/N-ethyl adjacent to an activating group) is 2. The van der Waals surface area contributed by atoms with E-state index in [0.29, 0.717) is 6.54 Å². The summed E-state index contributed by atoms with van der Waals surface area (Å²) in [6, 6.07) is 11.5. The molecule has 0 saturated carbocycles. The Labute approximate surface area is 166 Å². The third kappa shape index (κ3) is 5.63. The van der Waals surface area contributed by atoms with E-state index in [0.717, 1.165) is 22.4 Å². The second kappa shape index (κ2) is 9.46. The fourth-order valence-electron chi connectivity index (χ4n) is 3.05. The molecular formula is C22H28FN3O2. The molecule has 2 rings (SSSR count). The van der Waals surface area contributed by atoms with Crippen LogP contribution in [0.1, 0.15) is 23.6 Å². The molecule has 0 aliphatic rings. The Bertz CT molecular complexity index is 833. The Kier molecular flexibility index (Phi) is 7.29. The van der Waals surface area contributed by atoms with Crippen LogP contribution in [0.2, 0.25) is 0 Å².